The van der Waals surface area contributed by atoms with Crippen molar-refractivity contribution < 1.29 is 9.53 Å². The van der Waals surface area contributed by atoms with Crippen molar-refractivity contribution in [3.63, 3.8) is 0 Å². The van der Waals surface area contributed by atoms with Crippen LogP contribution in [0.2, 0.25) is 0 Å². The van der Waals surface area contributed by atoms with Crippen molar-refractivity contribution in [1.29, 1.82) is 0 Å². The van der Waals surface area contributed by atoms with Crippen LogP contribution in [0.4, 0.5) is 5.82 Å². The van der Waals surface area contributed by atoms with Crippen molar-refractivity contribution in [2.24, 2.45) is 7.05 Å². The summed E-state index contributed by atoms with van der Waals surface area (Å²) in [5, 5.41) is 7.15. The van der Waals surface area contributed by atoms with Crippen LogP contribution in [0.25, 0.3) is 10.4 Å². The predicted molar refractivity (Wildman–Crippen MR) is 90.0 cm³/mol. The van der Waals surface area contributed by atoms with Crippen molar-refractivity contribution >= 4 is 23.1 Å². The molecule has 0 bridgehead atoms. The maximum Gasteiger partial charge on any atom is 0.266 e. The van der Waals surface area contributed by atoms with Gasteiger partial charge in [-0.05, 0) is 25.1 Å². The van der Waals surface area contributed by atoms with Crippen molar-refractivity contribution in [1.82, 2.24) is 9.78 Å². The van der Waals surface area contributed by atoms with Crippen LogP contribution in [-0.2, 0) is 13.7 Å². The maximum absolute atomic E-state index is 12.5. The molecule has 116 valence electrons. The normalized spacial score (nSPS) is 12.3. The fraction of sp³-hybridized carbons (Fsp3) is 0.176. The molecule has 0 fully saturated rings. The molecule has 5 nitrogen and oxygen atoms in total. The average Bonchev–Trinajstić information content (AvgIpc) is 3.11. The second-order valence-electron chi connectivity index (χ2n) is 5.50. The van der Waals surface area contributed by atoms with Crippen LogP contribution in [0.5, 0.6) is 5.75 Å². The van der Waals surface area contributed by atoms with Gasteiger partial charge in [-0.1, -0.05) is 12.1 Å². The summed E-state index contributed by atoms with van der Waals surface area (Å²) >= 11 is 1.50. The van der Waals surface area contributed by atoms with Crippen molar-refractivity contribution in [3.05, 3.63) is 52.5 Å². The number of fused-ring (bicyclic) bond motifs is 3. The Morgan fingerprint density at radius 2 is 2.17 bits per heavy atom. The summed E-state index contributed by atoms with van der Waals surface area (Å²) in [7, 11) is 1.81. The third kappa shape index (κ3) is 2.41. The van der Waals surface area contributed by atoms with Crippen LogP contribution in [0, 0.1) is 6.92 Å². The minimum atomic E-state index is -0.120. The number of nitrogens with zero attached hydrogens (tertiary/aromatic N) is 2. The van der Waals surface area contributed by atoms with Crippen molar-refractivity contribution in [3.8, 4) is 16.2 Å². The highest BCUT2D eigenvalue weighted by molar-refractivity contribution is 7.17. The van der Waals surface area contributed by atoms with E-state index >= 15 is 0 Å². The molecule has 1 amide bonds. The lowest BCUT2D eigenvalue weighted by Gasteiger charge is -2.16. The molecule has 23 heavy (non-hydrogen) atoms. The monoisotopic (exact) mass is 325 g/mol. The lowest BCUT2D eigenvalue weighted by Crippen LogP contribution is -2.13. The molecule has 2 aromatic heterocycles. The molecule has 6 heteroatoms. The zero-order chi connectivity index (χ0) is 16.0. The van der Waals surface area contributed by atoms with E-state index in [1.54, 1.807) is 4.68 Å². The molecule has 0 saturated heterocycles. The number of anilines is 1. The van der Waals surface area contributed by atoms with Gasteiger partial charge in [0.15, 0.2) is 0 Å². The first-order chi connectivity index (χ1) is 11.1. The summed E-state index contributed by atoms with van der Waals surface area (Å²) in [6, 6.07) is 11.7. The highest BCUT2D eigenvalue weighted by Crippen LogP contribution is 2.42. The molecule has 1 aliphatic heterocycles. The van der Waals surface area contributed by atoms with E-state index in [0.717, 1.165) is 27.4 Å². The molecule has 1 aromatic carbocycles. The number of amides is 1. The zero-order valence-electron chi connectivity index (χ0n) is 12.8. The number of hydrogen-bond donors (Lipinski definition) is 1. The molecule has 0 atom stereocenters. The van der Waals surface area contributed by atoms with Crippen molar-refractivity contribution in [2.45, 2.75) is 13.5 Å². The van der Waals surface area contributed by atoms with E-state index in [0.29, 0.717) is 17.3 Å². The second kappa shape index (κ2) is 5.24. The van der Waals surface area contributed by atoms with E-state index in [2.05, 4.69) is 10.4 Å². The minimum absolute atomic E-state index is 0.120. The van der Waals surface area contributed by atoms with Gasteiger partial charge in [0.2, 0.25) is 0 Å². The Bertz CT molecular complexity index is 910. The van der Waals surface area contributed by atoms with Gasteiger partial charge in [0.25, 0.3) is 5.91 Å². The number of para-hydroxylation sites is 1. The molecule has 0 aliphatic carbocycles. The summed E-state index contributed by atoms with van der Waals surface area (Å²) in [6.45, 7) is 2.40. The number of aryl methyl sites for hydroxylation is 2. The number of nitrogens with one attached hydrogen (secondary N) is 1. The number of ether oxygens (including phenoxy) is 1. The summed E-state index contributed by atoms with van der Waals surface area (Å²) in [5.74, 6) is 1.44. The molecule has 0 unspecified atom stereocenters. The average molecular weight is 325 g/mol. The van der Waals surface area contributed by atoms with Crippen LogP contribution in [-0.4, -0.2) is 15.7 Å². The summed E-state index contributed by atoms with van der Waals surface area (Å²) in [6.07, 6.45) is 0. The summed E-state index contributed by atoms with van der Waals surface area (Å²) in [4.78, 5) is 14.3. The fourth-order valence-corrected chi connectivity index (χ4v) is 3.81. The third-order valence-electron chi connectivity index (χ3n) is 3.79. The fourth-order valence-electron chi connectivity index (χ4n) is 2.72. The van der Waals surface area contributed by atoms with Gasteiger partial charge in [-0.25, -0.2) is 0 Å². The number of aromatic nitrogens is 2. The molecule has 1 N–H and O–H groups in total. The van der Waals surface area contributed by atoms with Crippen LogP contribution in [0.1, 0.15) is 20.9 Å². The first-order valence-corrected chi connectivity index (χ1v) is 8.10. The van der Waals surface area contributed by atoms with Gasteiger partial charge in [-0.3, -0.25) is 9.48 Å². The SMILES string of the molecule is Cc1cc(NC(=O)c2cc3c(s2)-c2ccccc2OC3)n(C)n1. The van der Waals surface area contributed by atoms with Gasteiger partial charge in [-0.15, -0.1) is 11.3 Å². The van der Waals surface area contributed by atoms with Gasteiger partial charge in [-0.2, -0.15) is 5.10 Å². The molecular weight excluding hydrogens is 310 g/mol. The van der Waals surface area contributed by atoms with E-state index in [9.17, 15) is 4.79 Å². The lowest BCUT2D eigenvalue weighted by molar-refractivity contribution is 0.102. The molecule has 0 spiro atoms. The molecule has 0 saturated carbocycles. The standard InChI is InChI=1S/C17H15N3O2S/c1-10-7-15(20(2)19-10)18-17(21)14-8-11-9-22-13-6-4-3-5-12(13)16(11)23-14/h3-8H,9H2,1-2H3,(H,18,21). The molecule has 3 aromatic rings. The summed E-state index contributed by atoms with van der Waals surface area (Å²) in [5.41, 5.74) is 2.98. The van der Waals surface area contributed by atoms with Gasteiger partial charge < -0.3 is 10.1 Å². The number of carbonyl (C=O) groups is 1. The molecular formula is C17H15N3O2S. The molecule has 0 radical (unpaired) electrons. The number of thiophene rings is 1. The van der Waals surface area contributed by atoms with E-state index in [1.165, 1.54) is 11.3 Å². The van der Waals surface area contributed by atoms with E-state index in [-0.39, 0.29) is 5.91 Å². The quantitative estimate of drug-likeness (QED) is 0.783. The minimum Gasteiger partial charge on any atom is -0.488 e. The van der Waals surface area contributed by atoms with E-state index in [1.807, 2.05) is 50.4 Å². The Hall–Kier alpha value is -2.60. The Morgan fingerprint density at radius 3 is 2.96 bits per heavy atom. The highest BCUT2D eigenvalue weighted by Gasteiger charge is 2.22. The van der Waals surface area contributed by atoms with Gasteiger partial charge in [0, 0.05) is 29.1 Å². The van der Waals surface area contributed by atoms with Gasteiger partial charge in [0.05, 0.1) is 10.6 Å². The molecule has 1 aliphatic rings. The van der Waals surface area contributed by atoms with Crippen molar-refractivity contribution in [2.75, 3.05) is 5.32 Å². The Balaban J connectivity index is 1.66. The number of hydrogen-bond acceptors (Lipinski definition) is 4. The molecule has 4 rings (SSSR count). The van der Waals surface area contributed by atoms with Crippen LogP contribution in [0.3, 0.4) is 0 Å². The van der Waals surface area contributed by atoms with Crippen LogP contribution in [0.15, 0.2) is 36.4 Å². The smallest absolute Gasteiger partial charge is 0.266 e. The topological polar surface area (TPSA) is 56.1 Å². The lowest BCUT2D eigenvalue weighted by atomic mass is 10.1. The number of rotatable bonds is 2. The second-order valence-corrected chi connectivity index (χ2v) is 6.55. The Morgan fingerprint density at radius 1 is 1.35 bits per heavy atom. The van der Waals surface area contributed by atoms with Gasteiger partial charge >= 0.3 is 0 Å². The largest absolute Gasteiger partial charge is 0.488 e. The first-order valence-electron chi connectivity index (χ1n) is 7.29. The third-order valence-corrected chi connectivity index (χ3v) is 5.00. The maximum atomic E-state index is 12.5. The highest BCUT2D eigenvalue weighted by atomic mass is 32.1. The zero-order valence-corrected chi connectivity index (χ0v) is 13.6. The Labute approximate surface area is 137 Å². The summed E-state index contributed by atoms with van der Waals surface area (Å²) < 4.78 is 7.41. The van der Waals surface area contributed by atoms with Gasteiger partial charge in [0.1, 0.15) is 18.2 Å². The molecule has 3 heterocycles. The van der Waals surface area contributed by atoms with E-state index in [4.69, 9.17) is 4.74 Å². The van der Waals surface area contributed by atoms with Crippen LogP contribution < -0.4 is 10.1 Å². The predicted octanol–water partition coefficient (Wildman–Crippen LogP) is 3.60. The number of benzene rings is 1. The Kier molecular flexibility index (Phi) is 3.20. The first kappa shape index (κ1) is 14.0. The van der Waals surface area contributed by atoms with Crippen LogP contribution >= 0.6 is 11.3 Å². The number of carbonyl (C=O) groups excluding carboxylic acids is 1. The van der Waals surface area contributed by atoms with E-state index < -0.39 is 0 Å².